The number of carbonyl (C=O) groups is 2. The van der Waals surface area contributed by atoms with Gasteiger partial charge in [0.15, 0.2) is 0 Å². The van der Waals surface area contributed by atoms with Crippen LogP contribution in [0.25, 0.3) is 0 Å². The van der Waals surface area contributed by atoms with Crippen molar-refractivity contribution in [2.45, 2.75) is 31.8 Å². The number of amides is 2. The second-order valence-electron chi connectivity index (χ2n) is 7.74. The van der Waals surface area contributed by atoms with Gasteiger partial charge in [0.1, 0.15) is 6.04 Å². The number of aliphatic hydroxyl groups is 2. The highest BCUT2D eigenvalue weighted by Gasteiger charge is 2.52. The van der Waals surface area contributed by atoms with Crippen molar-refractivity contribution < 1.29 is 25.0 Å². The van der Waals surface area contributed by atoms with Gasteiger partial charge < -0.3 is 21.3 Å². The molecule has 2 unspecified atom stereocenters. The number of carbonyl (C=O) groups excluding carboxylic acids is 2. The van der Waals surface area contributed by atoms with Gasteiger partial charge in [0.25, 0.3) is 11.8 Å². The minimum absolute atomic E-state index is 0.0475. The van der Waals surface area contributed by atoms with Crippen LogP contribution in [0.15, 0.2) is 24.3 Å². The van der Waals surface area contributed by atoms with E-state index in [0.29, 0.717) is 17.5 Å². The first kappa shape index (κ1) is 22.4. The van der Waals surface area contributed by atoms with Crippen LogP contribution in [0.5, 0.6) is 0 Å². The van der Waals surface area contributed by atoms with Gasteiger partial charge in [-0.15, -0.1) is 0 Å². The van der Waals surface area contributed by atoms with Crippen molar-refractivity contribution in [1.82, 2.24) is 10.8 Å². The minimum Gasteiger partial charge on any atom is -0.396 e. The summed E-state index contributed by atoms with van der Waals surface area (Å²) in [5.41, 5.74) is 6.75. The molecule has 0 aliphatic heterocycles. The molecule has 1 aliphatic carbocycles. The SMILES string of the molecule is CC(C)(N)C(NC(=O)c1ccc(C#CC#CC2CC2(CO)CO)cc1)C(=O)NO. The van der Waals surface area contributed by atoms with E-state index in [9.17, 15) is 19.8 Å². The van der Waals surface area contributed by atoms with Gasteiger partial charge in [-0.3, -0.25) is 14.8 Å². The lowest BCUT2D eigenvalue weighted by atomic mass is 9.95. The van der Waals surface area contributed by atoms with Crippen LogP contribution < -0.4 is 16.5 Å². The fourth-order valence-corrected chi connectivity index (χ4v) is 2.75. The lowest BCUT2D eigenvalue weighted by Crippen LogP contribution is -2.61. The highest BCUT2D eigenvalue weighted by Crippen LogP contribution is 2.51. The Morgan fingerprint density at radius 1 is 1.24 bits per heavy atom. The summed E-state index contributed by atoms with van der Waals surface area (Å²) in [6.07, 6.45) is 0.660. The Morgan fingerprint density at radius 3 is 2.34 bits per heavy atom. The predicted octanol–water partition coefficient (Wildman–Crippen LogP) is -0.626. The van der Waals surface area contributed by atoms with E-state index in [0.717, 1.165) is 0 Å². The van der Waals surface area contributed by atoms with Crippen LogP contribution in [0.4, 0.5) is 0 Å². The van der Waals surface area contributed by atoms with Crippen molar-refractivity contribution in [1.29, 1.82) is 0 Å². The summed E-state index contributed by atoms with van der Waals surface area (Å²) in [6.45, 7) is 2.92. The lowest BCUT2D eigenvalue weighted by Gasteiger charge is -2.29. The van der Waals surface area contributed by atoms with Gasteiger partial charge in [-0.05, 0) is 56.4 Å². The number of hydroxylamine groups is 1. The topological polar surface area (TPSA) is 145 Å². The molecule has 2 amide bonds. The van der Waals surface area contributed by atoms with Crippen molar-refractivity contribution in [3.05, 3.63) is 35.4 Å². The van der Waals surface area contributed by atoms with E-state index in [1.165, 1.54) is 5.48 Å². The van der Waals surface area contributed by atoms with E-state index < -0.39 is 28.8 Å². The number of aliphatic hydroxyl groups excluding tert-OH is 2. The number of hydrogen-bond acceptors (Lipinski definition) is 6. The summed E-state index contributed by atoms with van der Waals surface area (Å²) < 4.78 is 0. The number of nitrogens with two attached hydrogens (primary N) is 1. The molecular formula is C21H25N3O5. The van der Waals surface area contributed by atoms with E-state index in [2.05, 4.69) is 29.0 Å². The number of hydrogen-bond donors (Lipinski definition) is 6. The van der Waals surface area contributed by atoms with Crippen molar-refractivity contribution in [3.63, 3.8) is 0 Å². The average molecular weight is 399 g/mol. The molecule has 0 bridgehead atoms. The van der Waals surface area contributed by atoms with Crippen molar-refractivity contribution in [2.24, 2.45) is 17.1 Å². The standard InChI is InChI=1S/C21H25N3O5/c1-20(2,22)17(19(28)24-29)23-18(27)15-9-7-14(8-10-15)5-3-4-6-16-11-21(16,12-25)13-26/h7-10,16-17,25-26,29H,11-13,22H2,1-2H3,(H,23,27)(H,24,28). The van der Waals surface area contributed by atoms with Gasteiger partial charge in [-0.2, -0.15) is 0 Å². The maximum absolute atomic E-state index is 12.4. The maximum atomic E-state index is 12.4. The normalized spacial score (nSPS) is 17.7. The molecule has 2 atom stereocenters. The Hall–Kier alpha value is -2.88. The molecule has 2 rings (SSSR count). The largest absolute Gasteiger partial charge is 0.396 e. The van der Waals surface area contributed by atoms with Gasteiger partial charge in [0, 0.05) is 28.0 Å². The Balaban J connectivity index is 2.01. The third kappa shape index (κ3) is 5.57. The van der Waals surface area contributed by atoms with Crippen LogP contribution >= 0.6 is 0 Å². The Kier molecular flexibility index (Phi) is 7.02. The fourth-order valence-electron chi connectivity index (χ4n) is 2.75. The highest BCUT2D eigenvalue weighted by molar-refractivity contribution is 5.97. The van der Waals surface area contributed by atoms with Crippen LogP contribution in [0, 0.1) is 35.0 Å². The van der Waals surface area contributed by atoms with Crippen molar-refractivity contribution in [3.8, 4) is 23.7 Å². The third-order valence-electron chi connectivity index (χ3n) is 4.87. The molecule has 0 spiro atoms. The predicted molar refractivity (Wildman–Crippen MR) is 105 cm³/mol. The summed E-state index contributed by atoms with van der Waals surface area (Å²) in [4.78, 5) is 24.1. The van der Waals surface area contributed by atoms with E-state index >= 15 is 0 Å². The zero-order chi connectivity index (χ0) is 21.7. The number of nitrogens with one attached hydrogen (secondary N) is 2. The fraction of sp³-hybridized carbons (Fsp3) is 0.429. The summed E-state index contributed by atoms with van der Waals surface area (Å²) in [7, 11) is 0. The van der Waals surface area contributed by atoms with Crippen LogP contribution in [0.1, 0.15) is 36.2 Å². The summed E-state index contributed by atoms with van der Waals surface area (Å²) >= 11 is 0. The molecule has 0 radical (unpaired) electrons. The Morgan fingerprint density at radius 2 is 1.86 bits per heavy atom. The zero-order valence-corrected chi connectivity index (χ0v) is 16.3. The molecule has 1 saturated carbocycles. The average Bonchev–Trinajstić information content (AvgIpc) is 3.42. The minimum atomic E-state index is -1.12. The van der Waals surface area contributed by atoms with Crippen LogP contribution in [-0.2, 0) is 4.79 Å². The Labute approximate surface area is 169 Å². The molecule has 1 aliphatic rings. The molecular weight excluding hydrogens is 374 g/mol. The Bertz CT molecular complexity index is 877. The zero-order valence-electron chi connectivity index (χ0n) is 16.3. The van der Waals surface area contributed by atoms with Crippen LogP contribution in [0.3, 0.4) is 0 Å². The number of benzene rings is 1. The van der Waals surface area contributed by atoms with Crippen molar-refractivity contribution in [2.75, 3.05) is 13.2 Å². The summed E-state index contributed by atoms with van der Waals surface area (Å²) in [5.74, 6) is 9.83. The van der Waals surface area contributed by atoms with Gasteiger partial charge in [-0.1, -0.05) is 11.8 Å². The van der Waals surface area contributed by atoms with Crippen LogP contribution in [0.2, 0.25) is 0 Å². The molecule has 1 aromatic rings. The molecule has 1 fully saturated rings. The van der Waals surface area contributed by atoms with E-state index in [1.807, 2.05) is 0 Å². The second-order valence-corrected chi connectivity index (χ2v) is 7.74. The van der Waals surface area contributed by atoms with Crippen molar-refractivity contribution >= 4 is 11.8 Å². The molecule has 0 aromatic heterocycles. The van der Waals surface area contributed by atoms with E-state index in [-0.39, 0.29) is 19.1 Å². The molecule has 154 valence electrons. The smallest absolute Gasteiger partial charge is 0.267 e. The van der Waals surface area contributed by atoms with Crippen LogP contribution in [-0.4, -0.2) is 52.0 Å². The second kappa shape index (κ2) is 9.08. The molecule has 1 aromatic carbocycles. The first-order valence-corrected chi connectivity index (χ1v) is 9.04. The molecule has 0 heterocycles. The van der Waals surface area contributed by atoms with Gasteiger partial charge in [-0.25, -0.2) is 5.48 Å². The summed E-state index contributed by atoms with van der Waals surface area (Å²) in [6, 6.07) is 5.26. The van der Waals surface area contributed by atoms with E-state index in [1.54, 1.807) is 38.1 Å². The van der Waals surface area contributed by atoms with Gasteiger partial charge in [0.2, 0.25) is 0 Å². The first-order valence-electron chi connectivity index (χ1n) is 9.04. The molecule has 8 heteroatoms. The highest BCUT2D eigenvalue weighted by atomic mass is 16.5. The van der Waals surface area contributed by atoms with E-state index in [4.69, 9.17) is 10.9 Å². The summed E-state index contributed by atoms with van der Waals surface area (Å²) in [5, 5.41) is 29.8. The molecule has 29 heavy (non-hydrogen) atoms. The lowest BCUT2D eigenvalue weighted by molar-refractivity contribution is -0.132. The monoisotopic (exact) mass is 399 g/mol. The maximum Gasteiger partial charge on any atom is 0.267 e. The molecule has 7 N–H and O–H groups in total. The van der Waals surface area contributed by atoms with Gasteiger partial charge in [0.05, 0.1) is 13.2 Å². The first-order chi connectivity index (χ1) is 13.7. The quantitative estimate of drug-likeness (QED) is 0.214. The van der Waals surface area contributed by atoms with Gasteiger partial charge >= 0.3 is 0 Å². The molecule has 0 saturated heterocycles. The third-order valence-corrected chi connectivity index (χ3v) is 4.87. The molecule has 8 nitrogen and oxygen atoms in total. The number of rotatable bonds is 6.